The first kappa shape index (κ1) is 16.3. The molecule has 5 nitrogen and oxygen atoms in total. The Bertz CT molecular complexity index is 1010. The Hall–Kier alpha value is -3.21. The van der Waals surface area contributed by atoms with Crippen LogP contribution in [0.3, 0.4) is 0 Å². The van der Waals surface area contributed by atoms with Crippen LogP contribution in [0.1, 0.15) is 22.8 Å². The number of amides is 1. The average Bonchev–Trinajstić information content (AvgIpc) is 2.66. The van der Waals surface area contributed by atoms with E-state index in [0.717, 1.165) is 33.2 Å². The first-order valence-corrected chi connectivity index (χ1v) is 8.34. The fourth-order valence-electron chi connectivity index (χ4n) is 3.53. The minimum atomic E-state index is -0.576. The smallest absolute Gasteiger partial charge is 0.412 e. The molecule has 0 saturated heterocycles. The SMILES string of the molecule is COc1c(C)ccc(C2OC(=O)Nc3c2ccc2ccccc32)c1OC. The molecule has 0 fully saturated rings. The van der Waals surface area contributed by atoms with E-state index in [1.54, 1.807) is 14.2 Å². The molecule has 0 aromatic heterocycles. The number of methoxy groups -OCH3 is 2. The molecule has 132 valence electrons. The van der Waals surface area contributed by atoms with E-state index in [2.05, 4.69) is 5.32 Å². The van der Waals surface area contributed by atoms with Crippen LogP contribution < -0.4 is 14.8 Å². The highest BCUT2D eigenvalue weighted by Crippen LogP contribution is 2.45. The van der Waals surface area contributed by atoms with Gasteiger partial charge in [0.2, 0.25) is 0 Å². The molecule has 0 radical (unpaired) electrons. The second-order valence-electron chi connectivity index (χ2n) is 6.20. The van der Waals surface area contributed by atoms with Crippen molar-refractivity contribution in [1.29, 1.82) is 0 Å². The highest BCUT2D eigenvalue weighted by atomic mass is 16.6. The van der Waals surface area contributed by atoms with Crippen molar-refractivity contribution in [3.63, 3.8) is 0 Å². The van der Waals surface area contributed by atoms with Crippen LogP contribution in [-0.2, 0) is 4.74 Å². The van der Waals surface area contributed by atoms with Crippen LogP contribution in [0, 0.1) is 6.92 Å². The van der Waals surface area contributed by atoms with Gasteiger partial charge < -0.3 is 14.2 Å². The van der Waals surface area contributed by atoms with Crippen LogP contribution in [0.15, 0.2) is 48.5 Å². The summed E-state index contributed by atoms with van der Waals surface area (Å²) >= 11 is 0. The van der Waals surface area contributed by atoms with Crippen molar-refractivity contribution in [3.8, 4) is 11.5 Å². The second kappa shape index (κ2) is 6.26. The van der Waals surface area contributed by atoms with E-state index in [1.807, 2.05) is 55.5 Å². The molecule has 0 saturated carbocycles. The molecule has 1 N–H and O–H groups in total. The lowest BCUT2D eigenvalue weighted by Gasteiger charge is -2.29. The molecule has 26 heavy (non-hydrogen) atoms. The largest absolute Gasteiger partial charge is 0.493 e. The molecule has 1 aliphatic rings. The van der Waals surface area contributed by atoms with Gasteiger partial charge in [0.05, 0.1) is 19.9 Å². The predicted molar refractivity (Wildman–Crippen MR) is 100 cm³/mol. The molecule has 1 unspecified atom stereocenters. The minimum absolute atomic E-state index is 0.486. The summed E-state index contributed by atoms with van der Waals surface area (Å²) < 4.78 is 16.7. The molecule has 0 aliphatic carbocycles. The number of nitrogens with one attached hydrogen (secondary N) is 1. The highest BCUT2D eigenvalue weighted by molar-refractivity contribution is 6.03. The van der Waals surface area contributed by atoms with Crippen molar-refractivity contribution in [2.45, 2.75) is 13.0 Å². The number of hydrogen-bond donors (Lipinski definition) is 1. The van der Waals surface area contributed by atoms with E-state index in [0.29, 0.717) is 11.5 Å². The van der Waals surface area contributed by atoms with Crippen LogP contribution in [-0.4, -0.2) is 20.3 Å². The van der Waals surface area contributed by atoms with Gasteiger partial charge in [0, 0.05) is 16.5 Å². The number of fused-ring (bicyclic) bond motifs is 3. The lowest BCUT2D eigenvalue weighted by molar-refractivity contribution is 0.125. The Morgan fingerprint density at radius 3 is 2.42 bits per heavy atom. The number of cyclic esters (lactones) is 1. The number of hydrogen-bond acceptors (Lipinski definition) is 4. The van der Waals surface area contributed by atoms with Crippen LogP contribution in [0.5, 0.6) is 11.5 Å². The number of rotatable bonds is 3. The number of anilines is 1. The van der Waals surface area contributed by atoms with Crippen LogP contribution in [0.25, 0.3) is 10.8 Å². The fraction of sp³-hybridized carbons (Fsp3) is 0.190. The lowest BCUT2D eigenvalue weighted by atomic mass is 9.93. The number of carbonyl (C=O) groups is 1. The summed E-state index contributed by atoms with van der Waals surface area (Å²) in [5, 5.41) is 4.88. The van der Waals surface area contributed by atoms with Gasteiger partial charge in [0.25, 0.3) is 0 Å². The zero-order valence-corrected chi connectivity index (χ0v) is 14.8. The molecule has 3 aromatic carbocycles. The van der Waals surface area contributed by atoms with Gasteiger partial charge in [-0.3, -0.25) is 5.32 Å². The molecule has 1 aliphatic heterocycles. The summed E-state index contributed by atoms with van der Waals surface area (Å²) in [6.07, 6.45) is -1.06. The molecule has 4 rings (SSSR count). The van der Waals surface area contributed by atoms with Gasteiger partial charge in [-0.25, -0.2) is 4.79 Å². The molecule has 0 spiro atoms. The van der Waals surface area contributed by atoms with E-state index >= 15 is 0 Å². The minimum Gasteiger partial charge on any atom is -0.493 e. The zero-order chi connectivity index (χ0) is 18.3. The third-order valence-electron chi connectivity index (χ3n) is 4.73. The second-order valence-corrected chi connectivity index (χ2v) is 6.20. The van der Waals surface area contributed by atoms with Gasteiger partial charge >= 0.3 is 6.09 Å². The van der Waals surface area contributed by atoms with Crippen molar-refractivity contribution in [3.05, 3.63) is 65.2 Å². The number of aryl methyl sites for hydroxylation is 1. The lowest BCUT2D eigenvalue weighted by Crippen LogP contribution is -2.25. The average molecular weight is 349 g/mol. The first-order chi connectivity index (χ1) is 12.6. The van der Waals surface area contributed by atoms with Gasteiger partial charge in [0.1, 0.15) is 0 Å². The number of carbonyl (C=O) groups excluding carboxylic acids is 1. The van der Waals surface area contributed by atoms with Crippen LogP contribution in [0.2, 0.25) is 0 Å². The maximum Gasteiger partial charge on any atom is 0.412 e. The number of ether oxygens (including phenoxy) is 3. The molecule has 5 heteroatoms. The quantitative estimate of drug-likeness (QED) is 0.737. The van der Waals surface area contributed by atoms with Gasteiger partial charge in [0.15, 0.2) is 17.6 Å². The highest BCUT2D eigenvalue weighted by Gasteiger charge is 2.32. The summed E-state index contributed by atoms with van der Waals surface area (Å²) in [6, 6.07) is 15.8. The summed E-state index contributed by atoms with van der Waals surface area (Å²) in [5.74, 6) is 1.22. The Morgan fingerprint density at radius 1 is 0.923 bits per heavy atom. The molecule has 3 aromatic rings. The van der Waals surface area contributed by atoms with Gasteiger partial charge in [-0.2, -0.15) is 0 Å². The summed E-state index contributed by atoms with van der Waals surface area (Å²) in [4.78, 5) is 12.3. The van der Waals surface area contributed by atoms with E-state index < -0.39 is 12.2 Å². The Kier molecular flexibility index (Phi) is 3.92. The summed E-state index contributed by atoms with van der Waals surface area (Å²) in [6.45, 7) is 1.95. The van der Waals surface area contributed by atoms with Crippen LogP contribution in [0.4, 0.5) is 10.5 Å². The van der Waals surface area contributed by atoms with E-state index in [-0.39, 0.29) is 0 Å². The Labute approximate surface area is 151 Å². The normalized spacial score (nSPS) is 15.8. The van der Waals surface area contributed by atoms with Gasteiger partial charge in [-0.15, -0.1) is 0 Å². The molecule has 1 atom stereocenters. The van der Waals surface area contributed by atoms with Gasteiger partial charge in [-0.1, -0.05) is 48.5 Å². The maximum atomic E-state index is 12.3. The van der Waals surface area contributed by atoms with Crippen molar-refractivity contribution < 1.29 is 19.0 Å². The van der Waals surface area contributed by atoms with Crippen molar-refractivity contribution >= 4 is 22.6 Å². The molecule has 0 bridgehead atoms. The van der Waals surface area contributed by atoms with Gasteiger partial charge in [-0.05, 0) is 17.9 Å². The summed E-state index contributed by atoms with van der Waals surface area (Å²) in [7, 11) is 3.19. The van der Waals surface area contributed by atoms with Crippen molar-refractivity contribution in [2.75, 3.05) is 19.5 Å². The van der Waals surface area contributed by atoms with Crippen molar-refractivity contribution in [1.82, 2.24) is 0 Å². The predicted octanol–water partition coefficient (Wildman–Crippen LogP) is 4.82. The van der Waals surface area contributed by atoms with Crippen LogP contribution >= 0.6 is 0 Å². The first-order valence-electron chi connectivity index (χ1n) is 8.34. The van der Waals surface area contributed by atoms with E-state index in [1.165, 1.54) is 0 Å². The Balaban J connectivity index is 1.96. The standard InChI is InChI=1S/C21H19NO4/c1-12-8-10-16(20(25-3)18(12)24-2)19-15-11-9-13-6-4-5-7-14(13)17(15)22-21(23)26-19/h4-11,19H,1-3H3,(H,22,23). The third kappa shape index (κ3) is 2.44. The molecule has 1 amide bonds. The van der Waals surface area contributed by atoms with Crippen molar-refractivity contribution in [2.24, 2.45) is 0 Å². The maximum absolute atomic E-state index is 12.3. The molecular weight excluding hydrogens is 330 g/mol. The van der Waals surface area contributed by atoms with E-state index in [9.17, 15) is 4.79 Å². The number of benzene rings is 3. The monoisotopic (exact) mass is 349 g/mol. The fourth-order valence-corrected chi connectivity index (χ4v) is 3.53. The Morgan fingerprint density at radius 2 is 1.65 bits per heavy atom. The third-order valence-corrected chi connectivity index (χ3v) is 4.73. The van der Waals surface area contributed by atoms with E-state index in [4.69, 9.17) is 14.2 Å². The molecular formula is C21H19NO4. The summed E-state index contributed by atoms with van der Waals surface area (Å²) in [5.41, 5.74) is 3.35. The molecule has 1 heterocycles. The zero-order valence-electron chi connectivity index (χ0n) is 14.8. The topological polar surface area (TPSA) is 56.8 Å².